The minimum absolute atomic E-state index is 0.0251. The van der Waals surface area contributed by atoms with Gasteiger partial charge in [0, 0.05) is 19.3 Å². The summed E-state index contributed by atoms with van der Waals surface area (Å²) < 4.78 is 1.70. The Bertz CT molecular complexity index is 841. The lowest BCUT2D eigenvalue weighted by Crippen LogP contribution is -2.36. The Kier molecular flexibility index (Phi) is 4.84. The molecule has 1 heterocycles. The van der Waals surface area contributed by atoms with Crippen molar-refractivity contribution < 1.29 is 9.90 Å². The molecule has 0 aliphatic heterocycles. The van der Waals surface area contributed by atoms with Crippen molar-refractivity contribution in [2.45, 2.75) is 19.4 Å². The van der Waals surface area contributed by atoms with Gasteiger partial charge in [-0.05, 0) is 43.2 Å². The van der Waals surface area contributed by atoms with Crippen molar-refractivity contribution in [3.63, 3.8) is 0 Å². The molecule has 1 amide bonds. The van der Waals surface area contributed by atoms with Crippen LogP contribution in [0.3, 0.4) is 0 Å². The molecule has 1 aromatic heterocycles. The molecule has 0 bridgehead atoms. The number of aromatic nitrogens is 2. The van der Waals surface area contributed by atoms with Gasteiger partial charge in [-0.15, -0.1) is 0 Å². The smallest absolute Gasteiger partial charge is 0.257 e. The topological polar surface area (TPSA) is 58.4 Å². The van der Waals surface area contributed by atoms with E-state index >= 15 is 0 Å². The van der Waals surface area contributed by atoms with Gasteiger partial charge >= 0.3 is 0 Å². The first-order chi connectivity index (χ1) is 12.0. The average Bonchev–Trinajstić information content (AvgIpc) is 3.13. The summed E-state index contributed by atoms with van der Waals surface area (Å²) in [5.41, 5.74) is 2.55. The number of hydrogen-bond donors (Lipinski definition) is 1. The van der Waals surface area contributed by atoms with Crippen LogP contribution in [-0.4, -0.2) is 38.8 Å². The summed E-state index contributed by atoms with van der Waals surface area (Å²) in [6, 6.07) is 16.8. The number of phenols is 1. The van der Waals surface area contributed by atoms with Crippen molar-refractivity contribution in [3.8, 4) is 11.4 Å². The van der Waals surface area contributed by atoms with Crippen LogP contribution >= 0.6 is 0 Å². The third kappa shape index (κ3) is 3.88. The molecule has 0 saturated heterocycles. The maximum Gasteiger partial charge on any atom is 0.257 e. The lowest BCUT2D eigenvalue weighted by molar-refractivity contribution is 0.0743. The van der Waals surface area contributed by atoms with Gasteiger partial charge < -0.3 is 10.0 Å². The minimum Gasteiger partial charge on any atom is -0.508 e. The molecule has 0 fully saturated rings. The molecule has 0 radical (unpaired) electrons. The van der Waals surface area contributed by atoms with E-state index in [1.807, 2.05) is 49.4 Å². The summed E-state index contributed by atoms with van der Waals surface area (Å²) in [6.07, 6.45) is 4.07. The van der Waals surface area contributed by atoms with E-state index in [2.05, 4.69) is 5.10 Å². The number of rotatable bonds is 5. The number of hydrogen-bond acceptors (Lipinski definition) is 3. The third-order valence-corrected chi connectivity index (χ3v) is 4.30. The zero-order valence-corrected chi connectivity index (χ0v) is 14.3. The van der Waals surface area contributed by atoms with Gasteiger partial charge in [0.2, 0.25) is 0 Å². The fraction of sp³-hybridized carbons (Fsp3) is 0.200. The summed E-state index contributed by atoms with van der Waals surface area (Å²) in [5.74, 6) is 0.183. The van der Waals surface area contributed by atoms with Crippen molar-refractivity contribution in [2.75, 3.05) is 7.05 Å². The van der Waals surface area contributed by atoms with E-state index < -0.39 is 0 Å². The third-order valence-electron chi connectivity index (χ3n) is 4.30. The Labute approximate surface area is 147 Å². The van der Waals surface area contributed by atoms with Crippen molar-refractivity contribution in [1.29, 1.82) is 0 Å². The van der Waals surface area contributed by atoms with Crippen LogP contribution in [0.2, 0.25) is 0 Å². The van der Waals surface area contributed by atoms with Gasteiger partial charge in [-0.2, -0.15) is 5.10 Å². The number of benzene rings is 2. The highest BCUT2D eigenvalue weighted by molar-refractivity contribution is 5.93. The molecule has 1 N–H and O–H groups in total. The molecule has 3 rings (SSSR count). The summed E-state index contributed by atoms with van der Waals surface area (Å²) >= 11 is 0. The zero-order valence-electron chi connectivity index (χ0n) is 14.3. The molecule has 0 aliphatic rings. The SMILES string of the molecule is C[C@H](Cc1ccc(O)cc1)N(C)C(=O)c1cnn(-c2ccccc2)c1. The summed E-state index contributed by atoms with van der Waals surface area (Å²) in [5, 5.41) is 13.6. The number of nitrogens with zero attached hydrogens (tertiary/aromatic N) is 3. The number of carbonyl (C=O) groups is 1. The number of para-hydroxylation sites is 1. The molecule has 2 aromatic carbocycles. The van der Waals surface area contributed by atoms with Crippen molar-refractivity contribution in [2.24, 2.45) is 0 Å². The first-order valence-corrected chi connectivity index (χ1v) is 8.20. The molecule has 1 atom stereocenters. The van der Waals surface area contributed by atoms with Gasteiger partial charge in [-0.25, -0.2) is 4.68 Å². The number of carbonyl (C=O) groups excluding carboxylic acids is 1. The van der Waals surface area contributed by atoms with Crippen LogP contribution in [0.1, 0.15) is 22.8 Å². The summed E-state index contributed by atoms with van der Waals surface area (Å²) in [7, 11) is 1.80. The van der Waals surface area contributed by atoms with Crippen molar-refractivity contribution in [1.82, 2.24) is 14.7 Å². The average molecular weight is 335 g/mol. The standard InChI is InChI=1S/C20H21N3O2/c1-15(12-16-8-10-19(24)11-9-16)22(2)20(25)17-13-21-23(14-17)18-6-4-3-5-7-18/h3-11,13-15,24H,12H2,1-2H3/t15-/m1/s1. The van der Waals surface area contributed by atoms with Gasteiger partial charge in [0.05, 0.1) is 17.4 Å². The summed E-state index contributed by atoms with van der Waals surface area (Å²) in [6.45, 7) is 2.01. The molecule has 128 valence electrons. The van der Waals surface area contributed by atoms with E-state index in [1.54, 1.807) is 41.2 Å². The number of likely N-dealkylation sites (N-methyl/N-ethyl adjacent to an activating group) is 1. The van der Waals surface area contributed by atoms with Crippen LogP contribution in [-0.2, 0) is 6.42 Å². The molecule has 5 nitrogen and oxygen atoms in total. The molecular weight excluding hydrogens is 314 g/mol. The largest absolute Gasteiger partial charge is 0.508 e. The molecule has 0 aliphatic carbocycles. The normalized spacial score (nSPS) is 11.9. The molecule has 0 unspecified atom stereocenters. The van der Waals surface area contributed by atoms with Crippen LogP contribution in [0.5, 0.6) is 5.75 Å². The van der Waals surface area contributed by atoms with Crippen LogP contribution < -0.4 is 0 Å². The quantitative estimate of drug-likeness (QED) is 0.778. The Balaban J connectivity index is 1.69. The monoisotopic (exact) mass is 335 g/mol. The first kappa shape index (κ1) is 16.8. The van der Waals surface area contributed by atoms with E-state index in [4.69, 9.17) is 0 Å². The van der Waals surface area contributed by atoms with Crippen LogP contribution in [0.25, 0.3) is 5.69 Å². The molecule has 3 aromatic rings. The molecule has 0 spiro atoms. The Morgan fingerprint density at radius 1 is 1.16 bits per heavy atom. The second-order valence-corrected chi connectivity index (χ2v) is 6.14. The molecular formula is C20H21N3O2. The second-order valence-electron chi connectivity index (χ2n) is 6.14. The van der Waals surface area contributed by atoms with Gasteiger partial charge in [-0.3, -0.25) is 4.79 Å². The van der Waals surface area contributed by atoms with Gasteiger partial charge in [0.25, 0.3) is 5.91 Å². The van der Waals surface area contributed by atoms with Gasteiger partial charge in [0.1, 0.15) is 5.75 Å². The van der Waals surface area contributed by atoms with Crippen LogP contribution in [0, 0.1) is 0 Å². The Hall–Kier alpha value is -3.08. The fourth-order valence-electron chi connectivity index (χ4n) is 2.67. The number of amides is 1. The zero-order chi connectivity index (χ0) is 17.8. The van der Waals surface area contributed by atoms with Gasteiger partial charge in [0.15, 0.2) is 0 Å². The van der Waals surface area contributed by atoms with Crippen molar-refractivity contribution in [3.05, 3.63) is 78.1 Å². The van der Waals surface area contributed by atoms with Crippen LogP contribution in [0.4, 0.5) is 0 Å². The summed E-state index contributed by atoms with van der Waals surface area (Å²) in [4.78, 5) is 14.4. The number of aromatic hydroxyl groups is 1. The Morgan fingerprint density at radius 2 is 1.84 bits per heavy atom. The lowest BCUT2D eigenvalue weighted by atomic mass is 10.1. The van der Waals surface area contributed by atoms with Crippen LogP contribution in [0.15, 0.2) is 67.0 Å². The molecule has 5 heteroatoms. The predicted octanol–water partition coefficient (Wildman–Crippen LogP) is 3.28. The van der Waals surface area contributed by atoms with E-state index in [0.717, 1.165) is 17.7 Å². The maximum absolute atomic E-state index is 12.7. The molecule has 0 saturated carbocycles. The fourth-order valence-corrected chi connectivity index (χ4v) is 2.67. The maximum atomic E-state index is 12.7. The Morgan fingerprint density at radius 3 is 2.52 bits per heavy atom. The lowest BCUT2D eigenvalue weighted by Gasteiger charge is -2.24. The molecule has 25 heavy (non-hydrogen) atoms. The van der Waals surface area contributed by atoms with Gasteiger partial charge in [-0.1, -0.05) is 30.3 Å². The highest BCUT2D eigenvalue weighted by Crippen LogP contribution is 2.15. The highest BCUT2D eigenvalue weighted by Gasteiger charge is 2.19. The second kappa shape index (κ2) is 7.21. The number of phenolic OH excluding ortho intramolecular Hbond substituents is 1. The van der Waals surface area contributed by atoms with Crippen molar-refractivity contribution >= 4 is 5.91 Å². The van der Waals surface area contributed by atoms with E-state index in [-0.39, 0.29) is 17.7 Å². The first-order valence-electron chi connectivity index (χ1n) is 8.20. The van der Waals surface area contributed by atoms with E-state index in [9.17, 15) is 9.90 Å². The highest BCUT2D eigenvalue weighted by atomic mass is 16.3. The van der Waals surface area contributed by atoms with E-state index in [1.165, 1.54) is 0 Å². The van der Waals surface area contributed by atoms with E-state index in [0.29, 0.717) is 5.56 Å². The predicted molar refractivity (Wildman–Crippen MR) is 96.9 cm³/mol. The minimum atomic E-state index is -0.0616.